The number of carboxylic acid groups (broad SMARTS) is 2. The van der Waals surface area contributed by atoms with E-state index in [1.165, 1.54) is 0 Å². The van der Waals surface area contributed by atoms with Gasteiger partial charge in [0.15, 0.2) is 18.2 Å². The predicted molar refractivity (Wildman–Crippen MR) is 64.5 cm³/mol. The van der Waals surface area contributed by atoms with Crippen LogP contribution in [0, 0.1) is 5.41 Å². The molecule has 9 N–H and O–H groups in total. The summed E-state index contributed by atoms with van der Waals surface area (Å²) in [6.07, 6.45) is -4.53. The molecule has 0 rings (SSSR count). The molecule has 19 heavy (non-hydrogen) atoms. The van der Waals surface area contributed by atoms with Crippen LogP contribution in [0.3, 0.4) is 0 Å². The fraction of sp³-hybridized carbons (Fsp3) is 0.500. The molecule has 110 valence electrons. The van der Waals surface area contributed by atoms with Crippen molar-refractivity contribution in [1.29, 1.82) is 5.41 Å². The number of guanidine groups is 2. The highest BCUT2D eigenvalue weighted by molar-refractivity contribution is 5.91. The van der Waals surface area contributed by atoms with Gasteiger partial charge in [-0.2, -0.15) is 4.99 Å². The largest absolute Gasteiger partial charge is 0.479 e. The van der Waals surface area contributed by atoms with Crippen LogP contribution in [0.15, 0.2) is 4.99 Å². The van der Waals surface area contributed by atoms with Crippen molar-refractivity contribution in [2.45, 2.75) is 12.2 Å². The van der Waals surface area contributed by atoms with Gasteiger partial charge in [-0.1, -0.05) is 0 Å². The zero-order valence-corrected chi connectivity index (χ0v) is 10.3. The van der Waals surface area contributed by atoms with Crippen LogP contribution in [0.5, 0.6) is 0 Å². The second kappa shape index (κ2) is 8.66. The van der Waals surface area contributed by atoms with Crippen molar-refractivity contribution in [3.63, 3.8) is 0 Å². The van der Waals surface area contributed by atoms with Gasteiger partial charge in [-0.05, 0) is 0 Å². The molecular formula is C8H17N5O6. The number of nitrogens with two attached hydrogens (primary N) is 2. The third kappa shape index (κ3) is 9.31. The topological polar surface area (TPSA) is 207 Å². The maximum absolute atomic E-state index is 9.77. The lowest BCUT2D eigenvalue weighted by Gasteiger charge is -2.08. The smallest absolute Gasteiger partial charge is 0.335 e. The molecule has 2 unspecified atom stereocenters. The summed E-state index contributed by atoms with van der Waals surface area (Å²) < 4.78 is 0. The van der Waals surface area contributed by atoms with Crippen LogP contribution in [-0.4, -0.2) is 75.5 Å². The fourth-order valence-electron chi connectivity index (χ4n) is 0.494. The van der Waals surface area contributed by atoms with Crippen molar-refractivity contribution in [3.8, 4) is 0 Å². The first kappa shape index (κ1) is 19.0. The first-order chi connectivity index (χ1) is 8.50. The van der Waals surface area contributed by atoms with Gasteiger partial charge in [-0.3, -0.25) is 5.41 Å². The van der Waals surface area contributed by atoms with E-state index in [0.717, 1.165) is 0 Å². The minimum atomic E-state index is -2.27. The monoisotopic (exact) mass is 279 g/mol. The van der Waals surface area contributed by atoms with E-state index in [1.54, 1.807) is 19.0 Å². The summed E-state index contributed by atoms with van der Waals surface area (Å²) in [5, 5.41) is 39.2. The summed E-state index contributed by atoms with van der Waals surface area (Å²) in [4.78, 5) is 24.6. The molecule has 0 saturated carbocycles. The van der Waals surface area contributed by atoms with E-state index in [1.807, 2.05) is 0 Å². The predicted octanol–water partition coefficient (Wildman–Crippen LogP) is -3.37. The van der Waals surface area contributed by atoms with Crippen molar-refractivity contribution < 1.29 is 30.0 Å². The Labute approximate surface area is 108 Å². The first-order valence-corrected chi connectivity index (χ1v) is 4.68. The number of nitrogens with one attached hydrogen (secondary N) is 1. The molecule has 0 aliphatic carbocycles. The van der Waals surface area contributed by atoms with E-state index in [4.69, 9.17) is 37.3 Å². The van der Waals surface area contributed by atoms with Crippen molar-refractivity contribution in [2.75, 3.05) is 14.1 Å². The Morgan fingerprint density at radius 3 is 1.53 bits per heavy atom. The molecule has 11 nitrogen and oxygen atoms in total. The van der Waals surface area contributed by atoms with Crippen LogP contribution in [0.1, 0.15) is 0 Å². The molecular weight excluding hydrogens is 262 g/mol. The van der Waals surface area contributed by atoms with Gasteiger partial charge in [-0.15, -0.1) is 0 Å². The van der Waals surface area contributed by atoms with Gasteiger partial charge < -0.3 is 36.8 Å². The Morgan fingerprint density at radius 2 is 1.42 bits per heavy atom. The van der Waals surface area contributed by atoms with Gasteiger partial charge in [0, 0.05) is 14.1 Å². The van der Waals surface area contributed by atoms with Gasteiger partial charge >= 0.3 is 11.9 Å². The number of aliphatic hydroxyl groups excluding tert-OH is 2. The van der Waals surface area contributed by atoms with Crippen LogP contribution in [-0.2, 0) is 9.59 Å². The Morgan fingerprint density at radius 1 is 1.11 bits per heavy atom. The summed E-state index contributed by atoms with van der Waals surface area (Å²) >= 11 is 0. The normalized spacial score (nSPS) is 13.6. The number of hydrogen-bond acceptors (Lipinski definition) is 5. The highest BCUT2D eigenvalue weighted by atomic mass is 16.4. The van der Waals surface area contributed by atoms with Gasteiger partial charge in [0.2, 0.25) is 5.96 Å². The van der Waals surface area contributed by atoms with E-state index >= 15 is 0 Å². The average Bonchev–Trinajstić information content (AvgIpc) is 2.26. The van der Waals surface area contributed by atoms with Gasteiger partial charge in [0.1, 0.15) is 0 Å². The maximum Gasteiger partial charge on any atom is 0.335 e. The molecule has 0 aromatic heterocycles. The molecule has 2 atom stereocenters. The Kier molecular flexibility index (Phi) is 8.63. The number of nitrogens with zero attached hydrogens (tertiary/aromatic N) is 2. The number of aliphatic imine (C=N–C) groups is 1. The second-order valence-electron chi connectivity index (χ2n) is 3.32. The number of hydrogen-bond donors (Lipinski definition) is 7. The number of rotatable bonds is 3. The van der Waals surface area contributed by atoms with Crippen LogP contribution < -0.4 is 11.5 Å². The molecule has 0 spiro atoms. The molecule has 0 heterocycles. The maximum atomic E-state index is 9.77. The van der Waals surface area contributed by atoms with Crippen molar-refractivity contribution in [1.82, 2.24) is 4.90 Å². The van der Waals surface area contributed by atoms with E-state index in [9.17, 15) is 9.59 Å². The Hall–Kier alpha value is -2.40. The quantitative estimate of drug-likeness (QED) is 0.203. The second-order valence-corrected chi connectivity index (χ2v) is 3.32. The van der Waals surface area contributed by atoms with E-state index in [2.05, 4.69) is 4.99 Å². The molecule has 0 bridgehead atoms. The first-order valence-electron chi connectivity index (χ1n) is 4.68. The molecule has 0 amide bonds. The van der Waals surface area contributed by atoms with Crippen molar-refractivity contribution in [2.24, 2.45) is 16.5 Å². The van der Waals surface area contributed by atoms with Crippen LogP contribution in [0.4, 0.5) is 0 Å². The molecule has 0 aliphatic heterocycles. The summed E-state index contributed by atoms with van der Waals surface area (Å²) in [5.41, 5.74) is 10.2. The molecule has 0 aliphatic rings. The average molecular weight is 279 g/mol. The Balaban J connectivity index is 0. The molecule has 0 saturated heterocycles. The zero-order chi connectivity index (χ0) is 15.7. The summed E-state index contributed by atoms with van der Waals surface area (Å²) in [6, 6.07) is 0. The van der Waals surface area contributed by atoms with Crippen molar-refractivity contribution >= 4 is 23.9 Å². The third-order valence-corrected chi connectivity index (χ3v) is 1.50. The molecule has 0 aromatic rings. The highest BCUT2D eigenvalue weighted by Gasteiger charge is 2.29. The number of aliphatic hydroxyl groups is 2. The molecule has 0 radical (unpaired) electrons. The number of carbonyl (C=O) groups is 2. The lowest BCUT2D eigenvalue weighted by atomic mass is 10.2. The van der Waals surface area contributed by atoms with Crippen LogP contribution in [0.25, 0.3) is 0 Å². The molecule has 0 aromatic carbocycles. The van der Waals surface area contributed by atoms with E-state index < -0.39 is 24.1 Å². The molecule has 0 fully saturated rings. The summed E-state index contributed by atoms with van der Waals surface area (Å²) in [6.45, 7) is 0. The van der Waals surface area contributed by atoms with Crippen LogP contribution in [0.2, 0.25) is 0 Å². The highest BCUT2D eigenvalue weighted by Crippen LogP contribution is 1.92. The summed E-state index contributed by atoms with van der Waals surface area (Å²) in [5.74, 6) is -3.58. The minimum absolute atomic E-state index is 0.238. The zero-order valence-electron chi connectivity index (χ0n) is 10.3. The molecule has 11 heteroatoms. The third-order valence-electron chi connectivity index (χ3n) is 1.50. The Bertz CT molecular complexity index is 351. The van der Waals surface area contributed by atoms with Gasteiger partial charge in [0.05, 0.1) is 0 Å². The van der Waals surface area contributed by atoms with Crippen LogP contribution >= 0.6 is 0 Å². The lowest BCUT2D eigenvalue weighted by molar-refractivity contribution is -0.165. The van der Waals surface area contributed by atoms with E-state index in [0.29, 0.717) is 0 Å². The number of aliphatic carboxylic acids is 2. The SMILES string of the molecule is CN(C)C(N)=NC(=N)N.O=C(O)C(O)C(O)C(=O)O. The van der Waals surface area contributed by atoms with Gasteiger partial charge in [0.25, 0.3) is 0 Å². The van der Waals surface area contributed by atoms with Crippen molar-refractivity contribution in [3.05, 3.63) is 0 Å². The number of carboxylic acids is 2. The van der Waals surface area contributed by atoms with E-state index in [-0.39, 0.29) is 11.9 Å². The minimum Gasteiger partial charge on any atom is -0.479 e. The standard InChI is InChI=1S/C4H11N5.C4H6O6/c1-9(2)4(7)8-3(5)6;5-1(3(7)8)2(6)4(9)10/h1-2H3,(H5,5,6,7,8);1-2,5-6H,(H,7,8)(H,9,10). The summed E-state index contributed by atoms with van der Waals surface area (Å²) in [7, 11) is 3.45. The lowest BCUT2D eigenvalue weighted by Crippen LogP contribution is -2.39. The van der Waals surface area contributed by atoms with Gasteiger partial charge in [-0.25, -0.2) is 9.59 Å². The fourth-order valence-corrected chi connectivity index (χ4v) is 0.494.